The number of carbonyl (C=O) groups excluding carboxylic acids is 3. The number of nitrogens with two attached hydrogens (primary N) is 1. The van der Waals surface area contributed by atoms with Crippen LogP contribution in [0.5, 0.6) is 5.75 Å². The molecule has 10 nitrogen and oxygen atoms in total. The zero-order chi connectivity index (χ0) is 30.3. The molecule has 0 saturated carbocycles. The number of allylic oxidation sites excluding steroid dienone is 1. The van der Waals surface area contributed by atoms with Gasteiger partial charge in [-0.3, -0.25) is 19.3 Å². The van der Waals surface area contributed by atoms with Gasteiger partial charge in [-0.25, -0.2) is 0 Å². The second-order valence-electron chi connectivity index (χ2n) is 11.8. The Labute approximate surface area is 228 Å². The maximum absolute atomic E-state index is 14.5. The quantitative estimate of drug-likeness (QED) is 0.298. The number of Topliss-reactive ketones (excluding diaryl/α,β-unsaturated/α-hetero) is 2. The Morgan fingerprint density at radius 2 is 1.77 bits per heavy atom. The molecule has 7 N–H and O–H groups in total. The standard InChI is InChI=1S/C27H32F3N3O7/c1-25(2,3)32-9-11-8-14(34)16-12(18(11)27(28,29)30)6-10-7-13-19(33(4)5)21(36)17(24(31)39)23(38)26(13,40)22(37)15(10)20(16)35/h8,10,13,19,32,34,36-37,40H,6-7,9H2,1-5H3,(H2,31,39)/t10-,13-,19-,26-/m0/s1. The van der Waals surface area contributed by atoms with Crippen LogP contribution in [0, 0.1) is 11.8 Å². The van der Waals surface area contributed by atoms with E-state index in [-0.39, 0.29) is 18.5 Å². The number of primary amides is 1. The smallest absolute Gasteiger partial charge is 0.417 e. The van der Waals surface area contributed by atoms with Crippen molar-refractivity contribution in [2.45, 2.75) is 63.5 Å². The van der Waals surface area contributed by atoms with Crippen molar-refractivity contribution in [3.63, 3.8) is 0 Å². The maximum atomic E-state index is 14.5. The van der Waals surface area contributed by atoms with Gasteiger partial charge in [-0.2, -0.15) is 13.2 Å². The average molecular weight is 568 g/mol. The van der Waals surface area contributed by atoms with E-state index in [1.807, 2.05) is 0 Å². The predicted molar refractivity (Wildman–Crippen MR) is 135 cm³/mol. The first-order valence-corrected chi connectivity index (χ1v) is 12.6. The van der Waals surface area contributed by atoms with E-state index in [2.05, 4.69) is 5.32 Å². The number of amides is 1. The van der Waals surface area contributed by atoms with E-state index >= 15 is 0 Å². The molecule has 0 heterocycles. The van der Waals surface area contributed by atoms with Crippen LogP contribution >= 0.6 is 0 Å². The average Bonchev–Trinajstić information content (AvgIpc) is 2.78. The Bertz CT molecular complexity index is 1390. The van der Waals surface area contributed by atoms with Crippen molar-refractivity contribution in [2.75, 3.05) is 14.1 Å². The molecule has 1 aromatic carbocycles. The molecule has 4 rings (SSSR count). The van der Waals surface area contributed by atoms with Crippen LogP contribution < -0.4 is 11.1 Å². The summed E-state index contributed by atoms with van der Waals surface area (Å²) in [5.74, 6) is -9.08. The lowest BCUT2D eigenvalue weighted by Gasteiger charge is -2.50. The highest BCUT2D eigenvalue weighted by atomic mass is 19.4. The number of hydrogen-bond donors (Lipinski definition) is 6. The summed E-state index contributed by atoms with van der Waals surface area (Å²) in [7, 11) is 2.92. The normalized spacial score (nSPS) is 27.1. The molecule has 3 aliphatic rings. The van der Waals surface area contributed by atoms with Crippen molar-refractivity contribution in [1.82, 2.24) is 10.2 Å². The summed E-state index contributed by atoms with van der Waals surface area (Å²) < 4.78 is 43.4. The maximum Gasteiger partial charge on any atom is 0.417 e. The fourth-order valence-corrected chi connectivity index (χ4v) is 6.24. The number of carbonyl (C=O) groups is 3. The second kappa shape index (κ2) is 9.32. The predicted octanol–water partition coefficient (Wildman–Crippen LogP) is 2.03. The number of rotatable bonds is 4. The van der Waals surface area contributed by atoms with E-state index in [1.165, 1.54) is 19.0 Å². The highest BCUT2D eigenvalue weighted by Gasteiger charge is 2.63. The van der Waals surface area contributed by atoms with Gasteiger partial charge < -0.3 is 31.5 Å². The molecule has 0 aromatic heterocycles. The minimum atomic E-state index is -4.91. The monoisotopic (exact) mass is 567 g/mol. The van der Waals surface area contributed by atoms with Crippen molar-refractivity contribution < 1.29 is 48.0 Å². The minimum absolute atomic E-state index is 0.264. The van der Waals surface area contributed by atoms with E-state index in [1.54, 1.807) is 20.8 Å². The zero-order valence-electron chi connectivity index (χ0n) is 22.6. The summed E-state index contributed by atoms with van der Waals surface area (Å²) in [5.41, 5.74) is -2.15. The number of phenols is 1. The van der Waals surface area contributed by atoms with Gasteiger partial charge in [0, 0.05) is 23.6 Å². The van der Waals surface area contributed by atoms with Crippen molar-refractivity contribution in [3.05, 3.63) is 51.0 Å². The molecule has 4 atom stereocenters. The van der Waals surface area contributed by atoms with E-state index in [0.29, 0.717) is 0 Å². The third kappa shape index (κ3) is 4.36. The number of aliphatic hydroxyl groups excluding tert-OH is 2. The van der Waals surface area contributed by atoms with Gasteiger partial charge in [0.15, 0.2) is 11.4 Å². The number of aliphatic hydroxyl groups is 3. The van der Waals surface area contributed by atoms with Crippen LogP contribution in [0.2, 0.25) is 0 Å². The van der Waals surface area contributed by atoms with E-state index < -0.39 is 104 Å². The number of phenolic OH excluding ortho intramolecular Hbond substituents is 1. The number of hydrogen-bond acceptors (Lipinski definition) is 9. The number of fused-ring (bicyclic) bond motifs is 3. The fraction of sp³-hybridized carbons (Fsp3) is 0.519. The number of benzene rings is 1. The fourth-order valence-electron chi connectivity index (χ4n) is 6.24. The number of nitrogens with one attached hydrogen (secondary N) is 1. The molecule has 13 heteroatoms. The van der Waals surface area contributed by atoms with Crippen molar-refractivity contribution >= 4 is 17.5 Å². The number of nitrogens with zero attached hydrogens (tertiary/aromatic N) is 1. The van der Waals surface area contributed by atoms with Crippen molar-refractivity contribution in [3.8, 4) is 5.75 Å². The van der Waals surface area contributed by atoms with Crippen LogP contribution in [-0.4, -0.2) is 74.1 Å². The van der Waals surface area contributed by atoms with Crippen LogP contribution in [0.4, 0.5) is 13.2 Å². The van der Waals surface area contributed by atoms with E-state index in [0.717, 1.165) is 6.07 Å². The SMILES string of the molecule is CN(C)[C@@H]1C(O)=C(C(N)=O)C(=O)[C@@]2(O)C(O)=C3C(=O)c4c(O)cc(CNC(C)(C)C)c(C(F)(F)F)c4C[C@H]3C[C@@H]12. The van der Waals surface area contributed by atoms with E-state index in [9.17, 15) is 48.0 Å². The Kier molecular flexibility index (Phi) is 6.88. The van der Waals surface area contributed by atoms with Crippen LogP contribution in [0.15, 0.2) is 28.7 Å². The molecule has 0 saturated heterocycles. The minimum Gasteiger partial charge on any atom is -0.510 e. The topological polar surface area (TPSA) is 173 Å². The first-order valence-electron chi connectivity index (χ1n) is 12.6. The molecule has 0 aliphatic heterocycles. The number of alkyl halides is 3. The van der Waals surface area contributed by atoms with Gasteiger partial charge in [0.2, 0.25) is 5.78 Å². The summed E-state index contributed by atoms with van der Waals surface area (Å²) in [6.07, 6.45) is -5.68. The summed E-state index contributed by atoms with van der Waals surface area (Å²) in [4.78, 5) is 40.4. The van der Waals surface area contributed by atoms with Crippen molar-refractivity contribution in [1.29, 1.82) is 0 Å². The van der Waals surface area contributed by atoms with Crippen LogP contribution in [0.25, 0.3) is 0 Å². The van der Waals surface area contributed by atoms with E-state index in [4.69, 9.17) is 5.73 Å². The molecule has 0 radical (unpaired) electrons. The van der Waals surface area contributed by atoms with Gasteiger partial charge in [0.1, 0.15) is 22.8 Å². The molecule has 0 spiro atoms. The first-order chi connectivity index (χ1) is 18.2. The lowest BCUT2D eigenvalue weighted by atomic mass is 9.58. The summed E-state index contributed by atoms with van der Waals surface area (Å²) >= 11 is 0. The lowest BCUT2D eigenvalue weighted by Crippen LogP contribution is -2.63. The van der Waals surface area contributed by atoms with Gasteiger partial charge in [-0.1, -0.05) is 0 Å². The molecule has 1 amide bonds. The van der Waals surface area contributed by atoms with Gasteiger partial charge in [0.05, 0.1) is 17.2 Å². The molecule has 0 fully saturated rings. The number of ketones is 2. The summed E-state index contributed by atoms with van der Waals surface area (Å²) in [6, 6.07) is -0.403. The number of likely N-dealkylation sites (N-methyl/N-ethyl adjacent to an activating group) is 1. The molecule has 3 aliphatic carbocycles. The van der Waals surface area contributed by atoms with Gasteiger partial charge in [-0.15, -0.1) is 0 Å². The van der Waals surface area contributed by atoms with Gasteiger partial charge >= 0.3 is 6.18 Å². The Balaban J connectivity index is 1.96. The lowest BCUT2D eigenvalue weighted by molar-refractivity contribution is -0.148. The molecule has 218 valence electrons. The zero-order valence-corrected chi connectivity index (χ0v) is 22.6. The first kappa shape index (κ1) is 29.6. The van der Waals surface area contributed by atoms with Crippen LogP contribution in [0.3, 0.4) is 0 Å². The molecule has 40 heavy (non-hydrogen) atoms. The van der Waals surface area contributed by atoms with Crippen LogP contribution in [-0.2, 0) is 28.7 Å². The van der Waals surface area contributed by atoms with Crippen molar-refractivity contribution in [2.24, 2.45) is 17.6 Å². The Hall–Kier alpha value is -3.42. The summed E-state index contributed by atoms with van der Waals surface area (Å²) in [6.45, 7) is 5.00. The van der Waals surface area contributed by atoms with Gasteiger partial charge in [0.25, 0.3) is 5.91 Å². The highest BCUT2D eigenvalue weighted by Crippen LogP contribution is 2.53. The molecular formula is C27H32F3N3O7. The highest BCUT2D eigenvalue weighted by molar-refractivity contribution is 6.24. The third-order valence-electron chi connectivity index (χ3n) is 7.90. The number of halogens is 3. The largest absolute Gasteiger partial charge is 0.510 e. The molecule has 0 bridgehead atoms. The Morgan fingerprint density at radius 1 is 1.18 bits per heavy atom. The molecule has 1 aromatic rings. The second-order valence-corrected chi connectivity index (χ2v) is 11.8. The molecule has 0 unspecified atom stereocenters. The Morgan fingerprint density at radius 3 is 2.27 bits per heavy atom. The van der Waals surface area contributed by atoms with Crippen LogP contribution in [0.1, 0.15) is 54.2 Å². The summed E-state index contributed by atoms with van der Waals surface area (Å²) in [5, 5.41) is 47.3. The van der Waals surface area contributed by atoms with Gasteiger partial charge in [-0.05, 0) is 70.8 Å². The molecular weight excluding hydrogens is 535 g/mol. The number of aromatic hydroxyl groups is 1. The third-order valence-corrected chi connectivity index (χ3v) is 7.90.